The fourth-order valence-electron chi connectivity index (χ4n) is 3.31. The number of fused-ring (bicyclic) bond motifs is 1. The first-order valence-corrected chi connectivity index (χ1v) is 10.3. The number of amides is 1. The third kappa shape index (κ3) is 3.20. The second kappa shape index (κ2) is 6.88. The van der Waals surface area contributed by atoms with Gasteiger partial charge in [-0.3, -0.25) is 9.36 Å². The monoisotopic (exact) mass is 528 g/mol. The topological polar surface area (TPSA) is 51.0 Å². The summed E-state index contributed by atoms with van der Waals surface area (Å²) in [6.07, 6.45) is 0.480. The SMILES string of the molecule is CC1(Cc2ccc(Br)cc2)C(=O)N(c2cc(Cl)cc(Cl)c2)c2nnc(Br)n21. The average Bonchev–Trinajstić information content (AvgIpc) is 3.07. The summed E-state index contributed by atoms with van der Waals surface area (Å²) in [5, 5.41) is 9.18. The van der Waals surface area contributed by atoms with E-state index in [1.54, 1.807) is 22.8 Å². The summed E-state index contributed by atoms with van der Waals surface area (Å²) < 4.78 is 3.27. The highest BCUT2D eigenvalue weighted by Crippen LogP contribution is 2.43. The van der Waals surface area contributed by atoms with Crippen LogP contribution >= 0.6 is 55.1 Å². The normalized spacial score (nSPS) is 18.9. The third-order valence-electron chi connectivity index (χ3n) is 4.53. The Morgan fingerprint density at radius 1 is 1.04 bits per heavy atom. The maximum Gasteiger partial charge on any atom is 0.260 e. The van der Waals surface area contributed by atoms with Crippen molar-refractivity contribution >= 4 is 72.6 Å². The van der Waals surface area contributed by atoms with Crippen LogP contribution in [0.5, 0.6) is 0 Å². The minimum Gasteiger partial charge on any atom is -0.272 e. The van der Waals surface area contributed by atoms with E-state index in [0.717, 1.165) is 10.0 Å². The van der Waals surface area contributed by atoms with Crippen molar-refractivity contribution in [1.82, 2.24) is 14.8 Å². The molecule has 0 N–H and O–H groups in total. The van der Waals surface area contributed by atoms with E-state index in [-0.39, 0.29) is 5.91 Å². The number of aromatic nitrogens is 3. The van der Waals surface area contributed by atoms with Crippen molar-refractivity contribution in [3.63, 3.8) is 0 Å². The van der Waals surface area contributed by atoms with E-state index in [1.807, 2.05) is 31.2 Å². The number of rotatable bonds is 3. The van der Waals surface area contributed by atoms with Crippen molar-refractivity contribution in [2.24, 2.45) is 0 Å². The van der Waals surface area contributed by atoms with Gasteiger partial charge in [0.2, 0.25) is 10.7 Å². The largest absolute Gasteiger partial charge is 0.272 e. The van der Waals surface area contributed by atoms with Gasteiger partial charge in [-0.1, -0.05) is 51.3 Å². The van der Waals surface area contributed by atoms with Crippen molar-refractivity contribution in [2.45, 2.75) is 18.9 Å². The quantitative estimate of drug-likeness (QED) is 0.433. The molecule has 0 spiro atoms. The van der Waals surface area contributed by atoms with Crippen LogP contribution in [0, 0.1) is 0 Å². The van der Waals surface area contributed by atoms with Crippen LogP contribution in [0.2, 0.25) is 10.0 Å². The van der Waals surface area contributed by atoms with Gasteiger partial charge in [0.05, 0.1) is 5.69 Å². The summed E-state index contributed by atoms with van der Waals surface area (Å²) >= 11 is 19.2. The van der Waals surface area contributed by atoms with E-state index < -0.39 is 5.54 Å². The number of carbonyl (C=O) groups excluding carboxylic acids is 1. The van der Waals surface area contributed by atoms with Crippen molar-refractivity contribution in [3.05, 3.63) is 67.3 Å². The molecule has 1 atom stereocenters. The van der Waals surface area contributed by atoms with Crippen molar-refractivity contribution in [3.8, 4) is 0 Å². The zero-order valence-corrected chi connectivity index (χ0v) is 18.6. The Hall–Kier alpha value is -1.41. The van der Waals surface area contributed by atoms with E-state index in [1.165, 1.54) is 4.90 Å². The fraction of sp³-hybridized carbons (Fsp3) is 0.167. The summed E-state index contributed by atoms with van der Waals surface area (Å²) in [5.41, 5.74) is 0.671. The lowest BCUT2D eigenvalue weighted by Crippen LogP contribution is -2.41. The lowest BCUT2D eigenvalue weighted by molar-refractivity contribution is -0.124. The fourth-order valence-corrected chi connectivity index (χ4v) is 4.72. The van der Waals surface area contributed by atoms with Crippen LogP contribution in [0.25, 0.3) is 0 Å². The van der Waals surface area contributed by atoms with Crippen LogP contribution in [0.15, 0.2) is 51.7 Å². The molecule has 4 rings (SSSR count). The van der Waals surface area contributed by atoms with Crippen molar-refractivity contribution in [2.75, 3.05) is 4.90 Å². The molecule has 1 unspecified atom stereocenters. The highest BCUT2D eigenvalue weighted by Gasteiger charge is 2.50. The van der Waals surface area contributed by atoms with Gasteiger partial charge in [0.15, 0.2) is 0 Å². The number of anilines is 2. The molecule has 9 heteroatoms. The molecule has 27 heavy (non-hydrogen) atoms. The summed E-state index contributed by atoms with van der Waals surface area (Å²) in [6.45, 7) is 1.88. The van der Waals surface area contributed by atoms with Crippen LogP contribution < -0.4 is 4.90 Å². The molecule has 1 aliphatic heterocycles. The second-order valence-corrected chi connectivity index (χ2v) is 8.95. The average molecular weight is 531 g/mol. The van der Waals surface area contributed by atoms with Gasteiger partial charge in [-0.2, -0.15) is 0 Å². The lowest BCUT2D eigenvalue weighted by Gasteiger charge is -2.25. The number of benzene rings is 2. The molecule has 2 heterocycles. The molecule has 2 aromatic carbocycles. The predicted molar refractivity (Wildman–Crippen MR) is 113 cm³/mol. The molecular weight excluding hydrogens is 519 g/mol. The first kappa shape index (κ1) is 18.9. The Balaban J connectivity index is 1.83. The van der Waals surface area contributed by atoms with Gasteiger partial charge in [0.25, 0.3) is 5.91 Å². The first-order valence-electron chi connectivity index (χ1n) is 7.96. The second-order valence-electron chi connectivity index (χ2n) is 6.45. The summed E-state index contributed by atoms with van der Waals surface area (Å²) in [4.78, 5) is 15.0. The van der Waals surface area contributed by atoms with Crippen LogP contribution in [-0.4, -0.2) is 20.7 Å². The number of halogens is 4. The standard InChI is InChI=1S/C18H12Br2Cl2N4O/c1-18(9-10-2-4-11(19)5-3-10)15(27)25(17-24-23-16(20)26(17)18)14-7-12(21)6-13(22)8-14/h2-8H,9H2,1H3. The predicted octanol–water partition coefficient (Wildman–Crippen LogP) is 5.75. The molecule has 5 nitrogen and oxygen atoms in total. The minimum absolute atomic E-state index is 0.130. The number of carbonyl (C=O) groups is 1. The van der Waals surface area contributed by atoms with E-state index in [0.29, 0.717) is 32.8 Å². The van der Waals surface area contributed by atoms with Gasteiger partial charge in [-0.25, -0.2) is 4.90 Å². The molecule has 0 fully saturated rings. The molecule has 138 valence electrons. The Labute approximate surface area is 182 Å². The minimum atomic E-state index is -0.902. The number of nitrogens with zero attached hydrogens (tertiary/aromatic N) is 4. The molecule has 3 aromatic rings. The molecule has 0 saturated carbocycles. The Morgan fingerprint density at radius 2 is 1.67 bits per heavy atom. The Kier molecular flexibility index (Phi) is 4.83. The number of hydrogen-bond acceptors (Lipinski definition) is 3. The summed E-state index contributed by atoms with van der Waals surface area (Å²) in [7, 11) is 0. The van der Waals surface area contributed by atoms with E-state index in [9.17, 15) is 4.79 Å². The van der Waals surface area contributed by atoms with Gasteiger partial charge in [0.1, 0.15) is 5.54 Å². The summed E-state index contributed by atoms with van der Waals surface area (Å²) in [6, 6.07) is 12.9. The maximum atomic E-state index is 13.5. The Morgan fingerprint density at radius 3 is 2.30 bits per heavy atom. The molecular formula is C18H12Br2Cl2N4O. The molecule has 1 aliphatic rings. The maximum absolute atomic E-state index is 13.5. The van der Waals surface area contributed by atoms with E-state index in [4.69, 9.17) is 23.2 Å². The van der Waals surface area contributed by atoms with Gasteiger partial charge in [-0.05, 0) is 58.7 Å². The van der Waals surface area contributed by atoms with Gasteiger partial charge >= 0.3 is 0 Å². The van der Waals surface area contributed by atoms with Gasteiger partial charge < -0.3 is 0 Å². The highest BCUT2D eigenvalue weighted by molar-refractivity contribution is 9.10. The van der Waals surface area contributed by atoms with Crippen LogP contribution in [0.4, 0.5) is 11.6 Å². The molecule has 1 aromatic heterocycles. The first-order chi connectivity index (χ1) is 12.8. The summed E-state index contributed by atoms with van der Waals surface area (Å²) in [5.74, 6) is 0.291. The Bertz CT molecular complexity index is 1030. The molecule has 0 radical (unpaired) electrons. The zero-order valence-electron chi connectivity index (χ0n) is 14.0. The molecule has 0 saturated heterocycles. The zero-order chi connectivity index (χ0) is 19.3. The van der Waals surface area contributed by atoms with Crippen molar-refractivity contribution < 1.29 is 4.79 Å². The van der Waals surface area contributed by atoms with Crippen LogP contribution in [-0.2, 0) is 16.8 Å². The lowest BCUT2D eigenvalue weighted by atomic mass is 9.92. The van der Waals surface area contributed by atoms with Gasteiger partial charge in [-0.15, -0.1) is 10.2 Å². The molecule has 1 amide bonds. The number of hydrogen-bond donors (Lipinski definition) is 0. The van der Waals surface area contributed by atoms with Crippen LogP contribution in [0.3, 0.4) is 0 Å². The van der Waals surface area contributed by atoms with Gasteiger partial charge in [0, 0.05) is 20.9 Å². The molecule has 0 aliphatic carbocycles. The molecule has 0 bridgehead atoms. The smallest absolute Gasteiger partial charge is 0.260 e. The van der Waals surface area contributed by atoms with Crippen LogP contribution in [0.1, 0.15) is 12.5 Å². The highest BCUT2D eigenvalue weighted by atomic mass is 79.9. The van der Waals surface area contributed by atoms with E-state index in [2.05, 4.69) is 42.1 Å². The third-order valence-corrected chi connectivity index (χ3v) is 6.01. The van der Waals surface area contributed by atoms with Crippen molar-refractivity contribution in [1.29, 1.82) is 0 Å². The van der Waals surface area contributed by atoms with E-state index >= 15 is 0 Å².